The van der Waals surface area contributed by atoms with Crippen LogP contribution >= 0.6 is 18.6 Å². The molecule has 1 atom stereocenters. The van der Waals surface area contributed by atoms with Gasteiger partial charge in [0.15, 0.2) is 0 Å². The van der Waals surface area contributed by atoms with Gasteiger partial charge in [0.05, 0.1) is 0 Å². The van der Waals surface area contributed by atoms with Gasteiger partial charge in [-0.1, -0.05) is 68.3 Å². The standard InChI is InChI=1S/C16H20N.C2H6Si.2ClH.Ti/c1-16(2,3)17-15-13-7-5-4-6-12(13)10-14(15)11-8-9-11;1-3-2;;;/h4-7,10-11,15H,8-9H2,1-3H3;1-2H3;2*1H;/q-1;;;;+2/p-2. The van der Waals surface area contributed by atoms with Crippen molar-refractivity contribution in [3.05, 3.63) is 46.3 Å². The second-order valence-electron chi connectivity index (χ2n) is 7.51. The zero-order valence-electron chi connectivity index (χ0n) is 14.7. The van der Waals surface area contributed by atoms with Gasteiger partial charge in [-0.25, -0.2) is 0 Å². The molecule has 2 aliphatic rings. The first-order valence-electron chi connectivity index (χ1n) is 8.20. The predicted molar refractivity (Wildman–Crippen MR) is 102 cm³/mol. The van der Waals surface area contributed by atoms with E-state index in [1.54, 1.807) is 5.57 Å². The van der Waals surface area contributed by atoms with E-state index in [1.807, 2.05) is 0 Å². The summed E-state index contributed by atoms with van der Waals surface area (Å²) >= 11 is -1.42. The average molecular weight is 403 g/mol. The van der Waals surface area contributed by atoms with Crippen molar-refractivity contribution in [2.75, 3.05) is 0 Å². The number of fused-ring (bicyclic) bond motifs is 1. The van der Waals surface area contributed by atoms with Gasteiger partial charge in [-0.15, -0.1) is 5.54 Å². The Bertz CT molecular complexity index is 612. The molecule has 1 saturated carbocycles. The molecular weight excluding hydrogens is 377 g/mol. The van der Waals surface area contributed by atoms with Crippen molar-refractivity contribution in [3.63, 3.8) is 0 Å². The van der Waals surface area contributed by atoms with E-state index in [0.29, 0.717) is 6.04 Å². The Morgan fingerprint density at radius 2 is 1.70 bits per heavy atom. The monoisotopic (exact) mass is 402 g/mol. The van der Waals surface area contributed by atoms with Gasteiger partial charge in [0.1, 0.15) is 0 Å². The van der Waals surface area contributed by atoms with Crippen LogP contribution in [-0.2, 0) is 14.5 Å². The number of benzene rings is 1. The summed E-state index contributed by atoms with van der Waals surface area (Å²) in [6.07, 6.45) is 4.84. The van der Waals surface area contributed by atoms with Gasteiger partial charge in [0, 0.05) is 0 Å². The molecule has 126 valence electrons. The summed E-state index contributed by atoms with van der Waals surface area (Å²) in [7, 11) is 11.2. The summed E-state index contributed by atoms with van der Waals surface area (Å²) in [4.78, 5) is 0. The van der Waals surface area contributed by atoms with Crippen LogP contribution in [0.3, 0.4) is 0 Å². The molecule has 1 aromatic rings. The molecule has 1 fully saturated rings. The van der Waals surface area contributed by atoms with Crippen molar-refractivity contribution in [2.45, 2.75) is 58.3 Å². The van der Waals surface area contributed by atoms with E-state index in [9.17, 15) is 0 Å². The number of rotatable bonds is 2. The second-order valence-corrected chi connectivity index (χ2v) is 23.6. The van der Waals surface area contributed by atoms with E-state index in [-0.39, 0.29) is 11.7 Å². The van der Waals surface area contributed by atoms with Gasteiger partial charge in [-0.05, 0) is 24.3 Å². The summed E-state index contributed by atoms with van der Waals surface area (Å²) in [5, 5.41) is 5.02. The number of halogens is 2. The van der Waals surface area contributed by atoms with Gasteiger partial charge < -0.3 is 5.32 Å². The van der Waals surface area contributed by atoms with E-state index in [2.05, 4.69) is 64.2 Å². The fourth-order valence-electron chi connectivity index (χ4n) is 2.62. The van der Waals surface area contributed by atoms with Crippen molar-refractivity contribution in [2.24, 2.45) is 5.92 Å². The third-order valence-corrected chi connectivity index (χ3v) is 17.5. The minimum absolute atomic E-state index is 0.0378. The molecule has 1 unspecified atom stereocenters. The average Bonchev–Trinajstić information content (AvgIpc) is 3.22. The third kappa shape index (κ3) is 6.02. The fraction of sp³-hybridized carbons (Fsp3) is 0.556. The third-order valence-electron chi connectivity index (χ3n) is 3.87. The molecule has 1 nitrogen and oxygen atoms in total. The van der Waals surface area contributed by atoms with Crippen molar-refractivity contribution in [3.8, 4) is 0 Å². The Morgan fingerprint density at radius 3 is 2.17 bits per heavy atom. The van der Waals surface area contributed by atoms with Crippen LogP contribution in [0.15, 0.2) is 29.8 Å². The van der Waals surface area contributed by atoms with Crippen LogP contribution in [-0.4, -0.2) is 11.7 Å². The Hall–Kier alpha value is 0.431. The minimum atomic E-state index is -1.42. The van der Waals surface area contributed by atoms with Crippen LogP contribution in [0, 0.1) is 5.92 Å². The van der Waals surface area contributed by atoms with Gasteiger partial charge >= 0.3 is 52.4 Å². The van der Waals surface area contributed by atoms with E-state index < -0.39 is 14.5 Å². The van der Waals surface area contributed by atoms with Gasteiger partial charge in [0.2, 0.25) is 0 Å². The van der Waals surface area contributed by atoms with Gasteiger partial charge in [0.25, 0.3) is 0 Å². The molecule has 0 spiro atoms. The van der Waals surface area contributed by atoms with Gasteiger partial charge in [-0.3, -0.25) is 0 Å². The van der Waals surface area contributed by atoms with Crippen molar-refractivity contribution in [1.82, 2.24) is 0 Å². The zero-order valence-corrected chi connectivity index (χ0v) is 18.7. The van der Waals surface area contributed by atoms with E-state index in [4.69, 9.17) is 23.9 Å². The van der Waals surface area contributed by atoms with Crippen LogP contribution in [0.4, 0.5) is 0 Å². The van der Waals surface area contributed by atoms with Crippen molar-refractivity contribution in [1.29, 1.82) is 0 Å². The summed E-state index contributed by atoms with van der Waals surface area (Å²) in [6.45, 7) is 10.9. The number of hydrogen-bond acceptors (Lipinski definition) is 0. The fourth-order valence-corrected chi connectivity index (χ4v) is 2.62. The maximum atomic E-state index is 5.59. The Kier molecular flexibility index (Phi) is 7.05. The maximum absolute atomic E-state index is 5.59. The molecule has 23 heavy (non-hydrogen) atoms. The van der Waals surface area contributed by atoms with E-state index in [0.717, 1.165) is 5.92 Å². The Morgan fingerprint density at radius 1 is 1.13 bits per heavy atom. The molecule has 0 radical (unpaired) electrons. The van der Waals surface area contributed by atoms with Crippen LogP contribution in [0.25, 0.3) is 11.4 Å². The summed E-state index contributed by atoms with van der Waals surface area (Å²) in [5.74, 6) is 0.804. The van der Waals surface area contributed by atoms with E-state index in [1.165, 1.54) is 24.0 Å². The molecule has 3 rings (SSSR count). The molecule has 0 bridgehead atoms. The predicted octanol–water partition coefficient (Wildman–Crippen LogP) is 6.87. The Balaban J connectivity index is 0.000000277. The van der Waals surface area contributed by atoms with Crippen LogP contribution < -0.4 is 0 Å². The molecule has 0 heterocycles. The first-order chi connectivity index (χ1) is 10.7. The molecule has 0 aliphatic heterocycles. The van der Waals surface area contributed by atoms with Crippen molar-refractivity contribution >= 4 is 30.9 Å². The second kappa shape index (κ2) is 8.21. The molecular formula is C18H26Cl2NSiTi-. The number of nitrogens with zero attached hydrogens (tertiary/aromatic N) is 1. The van der Waals surface area contributed by atoms with Crippen LogP contribution in [0.1, 0.15) is 50.8 Å². The van der Waals surface area contributed by atoms with Crippen LogP contribution in [0.2, 0.25) is 13.1 Å². The molecule has 0 N–H and O–H groups in total. The first-order valence-corrected chi connectivity index (χ1v) is 17.3. The molecule has 0 saturated heterocycles. The molecule has 2 aliphatic carbocycles. The van der Waals surface area contributed by atoms with E-state index >= 15 is 0 Å². The topological polar surface area (TPSA) is 14.1 Å². The van der Waals surface area contributed by atoms with Crippen LogP contribution in [0.5, 0.6) is 0 Å². The zero-order chi connectivity index (χ0) is 17.2. The number of hydrogen-bond donors (Lipinski definition) is 0. The SMILES string of the molecule is CC(C)(C)[N-]C1C(C2CC2)=Cc2ccccc21.C[Si](C)=[Ti]([Cl])[Cl]. The summed E-state index contributed by atoms with van der Waals surface area (Å²) in [6, 6.07) is 9.03. The summed E-state index contributed by atoms with van der Waals surface area (Å²) < 4.78 is 0. The quantitative estimate of drug-likeness (QED) is 0.479. The first kappa shape index (κ1) is 19.8. The normalized spacial score (nSPS) is 19.4. The van der Waals surface area contributed by atoms with Crippen molar-refractivity contribution < 1.29 is 14.5 Å². The molecule has 0 amide bonds. The Labute approximate surface area is 155 Å². The molecule has 0 aromatic heterocycles. The molecule has 5 heteroatoms. The summed E-state index contributed by atoms with van der Waals surface area (Å²) in [5.41, 5.74) is 4.38. The molecule has 1 aromatic carbocycles. The van der Waals surface area contributed by atoms with Gasteiger partial charge in [-0.2, -0.15) is 0 Å².